The van der Waals surface area contributed by atoms with E-state index in [2.05, 4.69) is 31.2 Å². The largest absolute Gasteiger partial charge is 0.492 e. The fraction of sp³-hybridized carbons (Fsp3) is 0.316. The number of aryl methyl sites for hydroxylation is 1. The lowest BCUT2D eigenvalue weighted by molar-refractivity contribution is -0.136. The van der Waals surface area contributed by atoms with Crippen LogP contribution >= 0.6 is 0 Å². The second kappa shape index (κ2) is 6.22. The second-order valence-corrected chi connectivity index (χ2v) is 6.00. The Hall–Kier alpha value is -2.29. The number of ether oxygens (including phenoxy) is 1. The molecule has 0 N–H and O–H groups in total. The Morgan fingerprint density at radius 3 is 2.68 bits per heavy atom. The van der Waals surface area contributed by atoms with E-state index in [4.69, 9.17) is 4.74 Å². The molecule has 0 saturated carbocycles. The molecule has 1 unspecified atom stereocenters. The monoisotopic (exact) mass is 295 g/mol. The lowest BCUT2D eigenvalue weighted by atomic mass is 9.95. The number of amides is 1. The van der Waals surface area contributed by atoms with Gasteiger partial charge in [-0.3, -0.25) is 4.79 Å². The predicted molar refractivity (Wildman–Crippen MR) is 86.8 cm³/mol. The number of benzene rings is 2. The van der Waals surface area contributed by atoms with E-state index in [-0.39, 0.29) is 11.8 Å². The van der Waals surface area contributed by atoms with Gasteiger partial charge in [-0.2, -0.15) is 0 Å². The summed E-state index contributed by atoms with van der Waals surface area (Å²) >= 11 is 0. The Balaban J connectivity index is 1.65. The molecule has 2 aromatic carbocycles. The number of carbonyl (C=O) groups is 1. The molecule has 1 aliphatic heterocycles. The average Bonchev–Trinajstić information content (AvgIpc) is 2.55. The smallest absolute Gasteiger partial charge is 0.229 e. The minimum Gasteiger partial charge on any atom is -0.492 e. The van der Waals surface area contributed by atoms with E-state index in [0.717, 1.165) is 23.3 Å². The van der Waals surface area contributed by atoms with Crippen LogP contribution in [0.15, 0.2) is 48.5 Å². The third-order valence-electron chi connectivity index (χ3n) is 4.14. The fourth-order valence-electron chi connectivity index (χ4n) is 2.84. The second-order valence-electron chi connectivity index (χ2n) is 6.00. The van der Waals surface area contributed by atoms with Gasteiger partial charge in [0, 0.05) is 13.6 Å². The van der Waals surface area contributed by atoms with Crippen LogP contribution in [0.4, 0.5) is 0 Å². The van der Waals surface area contributed by atoms with Gasteiger partial charge in [-0.05, 0) is 30.5 Å². The van der Waals surface area contributed by atoms with Crippen molar-refractivity contribution in [1.29, 1.82) is 0 Å². The van der Waals surface area contributed by atoms with Gasteiger partial charge in [-0.1, -0.05) is 48.0 Å². The molecule has 22 heavy (non-hydrogen) atoms. The number of hydrogen-bond donors (Lipinski definition) is 0. The third kappa shape index (κ3) is 3.14. The zero-order valence-corrected chi connectivity index (χ0v) is 13.1. The molecule has 0 fully saturated rings. The van der Waals surface area contributed by atoms with E-state index in [1.807, 2.05) is 31.3 Å². The van der Waals surface area contributed by atoms with Gasteiger partial charge in [0.05, 0.1) is 5.92 Å². The normalized spacial score (nSPS) is 16.5. The summed E-state index contributed by atoms with van der Waals surface area (Å²) in [6, 6.07) is 16.3. The Kier molecular flexibility index (Phi) is 4.14. The van der Waals surface area contributed by atoms with E-state index in [9.17, 15) is 4.79 Å². The van der Waals surface area contributed by atoms with Crippen LogP contribution in [0.1, 0.15) is 16.7 Å². The highest BCUT2D eigenvalue weighted by Gasteiger charge is 2.27. The summed E-state index contributed by atoms with van der Waals surface area (Å²) in [6.45, 7) is 3.17. The van der Waals surface area contributed by atoms with Crippen molar-refractivity contribution in [2.75, 3.05) is 13.7 Å². The molecule has 0 aliphatic carbocycles. The third-order valence-corrected chi connectivity index (χ3v) is 4.14. The van der Waals surface area contributed by atoms with E-state index < -0.39 is 0 Å². The molecule has 0 aromatic heterocycles. The van der Waals surface area contributed by atoms with Crippen molar-refractivity contribution >= 4 is 5.91 Å². The quantitative estimate of drug-likeness (QED) is 0.870. The first-order valence-corrected chi connectivity index (χ1v) is 7.64. The van der Waals surface area contributed by atoms with Gasteiger partial charge in [0.2, 0.25) is 5.91 Å². The number of rotatable bonds is 3. The van der Waals surface area contributed by atoms with Crippen LogP contribution in [0.5, 0.6) is 5.75 Å². The van der Waals surface area contributed by atoms with E-state index >= 15 is 0 Å². The first kappa shape index (κ1) is 14.6. The Labute approximate surface area is 131 Å². The minimum atomic E-state index is -0.0923. The fourth-order valence-corrected chi connectivity index (χ4v) is 2.84. The summed E-state index contributed by atoms with van der Waals surface area (Å²) < 4.78 is 5.73. The van der Waals surface area contributed by atoms with Gasteiger partial charge in [0.25, 0.3) is 0 Å². The van der Waals surface area contributed by atoms with Crippen LogP contribution in [0.25, 0.3) is 0 Å². The van der Waals surface area contributed by atoms with Crippen LogP contribution in [0, 0.1) is 12.8 Å². The summed E-state index contributed by atoms with van der Waals surface area (Å²) in [5.74, 6) is 0.966. The number of nitrogens with zero attached hydrogens (tertiary/aromatic N) is 1. The molecule has 1 heterocycles. The molecule has 1 amide bonds. The average molecular weight is 295 g/mol. The Bertz CT molecular complexity index is 663. The molecule has 2 aromatic rings. The summed E-state index contributed by atoms with van der Waals surface area (Å²) in [5.41, 5.74) is 3.50. The molecule has 114 valence electrons. The van der Waals surface area contributed by atoms with Crippen molar-refractivity contribution in [3.8, 4) is 5.75 Å². The molecule has 1 aliphatic rings. The number of carbonyl (C=O) groups excluding carboxylic acids is 1. The van der Waals surface area contributed by atoms with Gasteiger partial charge >= 0.3 is 0 Å². The standard InChI is InChI=1S/C19H21NO2/c1-14-7-9-15(10-8-14)12-20(2)19(21)17-11-16-5-3-4-6-18(16)22-13-17/h3-10,17H,11-13H2,1-2H3. The molecular weight excluding hydrogens is 274 g/mol. The Morgan fingerprint density at radius 1 is 1.18 bits per heavy atom. The van der Waals surface area contributed by atoms with E-state index in [0.29, 0.717) is 13.2 Å². The van der Waals surface area contributed by atoms with Gasteiger partial charge in [-0.15, -0.1) is 0 Å². The summed E-state index contributed by atoms with van der Waals surface area (Å²) in [7, 11) is 1.86. The summed E-state index contributed by atoms with van der Waals surface area (Å²) in [4.78, 5) is 14.4. The zero-order chi connectivity index (χ0) is 15.5. The van der Waals surface area contributed by atoms with Crippen molar-refractivity contribution < 1.29 is 9.53 Å². The van der Waals surface area contributed by atoms with Crippen molar-refractivity contribution in [3.05, 3.63) is 65.2 Å². The maximum absolute atomic E-state index is 12.6. The molecule has 1 atom stereocenters. The maximum atomic E-state index is 12.6. The van der Waals surface area contributed by atoms with E-state index in [1.165, 1.54) is 5.56 Å². The van der Waals surface area contributed by atoms with Crippen LogP contribution in [-0.2, 0) is 17.8 Å². The SMILES string of the molecule is Cc1ccc(CN(C)C(=O)C2COc3ccccc3C2)cc1. The maximum Gasteiger partial charge on any atom is 0.229 e. The van der Waals surface area contributed by atoms with Crippen molar-refractivity contribution in [2.24, 2.45) is 5.92 Å². The van der Waals surface area contributed by atoms with Gasteiger partial charge in [-0.25, -0.2) is 0 Å². The number of fused-ring (bicyclic) bond motifs is 1. The highest BCUT2D eigenvalue weighted by molar-refractivity contribution is 5.79. The van der Waals surface area contributed by atoms with Gasteiger partial charge < -0.3 is 9.64 Å². The highest BCUT2D eigenvalue weighted by Crippen LogP contribution is 2.27. The summed E-state index contributed by atoms with van der Waals surface area (Å²) in [5, 5.41) is 0. The topological polar surface area (TPSA) is 29.5 Å². The van der Waals surface area contributed by atoms with Crippen LogP contribution in [-0.4, -0.2) is 24.5 Å². The van der Waals surface area contributed by atoms with E-state index in [1.54, 1.807) is 4.90 Å². The van der Waals surface area contributed by atoms with Gasteiger partial charge in [0.1, 0.15) is 12.4 Å². The molecule has 0 bridgehead atoms. The molecule has 0 spiro atoms. The molecule has 3 heteroatoms. The molecule has 3 rings (SSSR count). The van der Waals surface area contributed by atoms with Crippen LogP contribution in [0.2, 0.25) is 0 Å². The first-order valence-electron chi connectivity index (χ1n) is 7.64. The van der Waals surface area contributed by atoms with Gasteiger partial charge in [0.15, 0.2) is 0 Å². The number of para-hydroxylation sites is 1. The lowest BCUT2D eigenvalue weighted by Crippen LogP contribution is -2.38. The lowest BCUT2D eigenvalue weighted by Gasteiger charge is -2.28. The van der Waals surface area contributed by atoms with Crippen molar-refractivity contribution in [1.82, 2.24) is 4.90 Å². The molecule has 3 nitrogen and oxygen atoms in total. The molecular formula is C19H21NO2. The summed E-state index contributed by atoms with van der Waals surface area (Å²) in [6.07, 6.45) is 0.757. The minimum absolute atomic E-state index is 0.0923. The highest BCUT2D eigenvalue weighted by atomic mass is 16.5. The predicted octanol–water partition coefficient (Wildman–Crippen LogP) is 3.20. The number of hydrogen-bond acceptors (Lipinski definition) is 2. The van der Waals surface area contributed by atoms with Crippen LogP contribution in [0.3, 0.4) is 0 Å². The molecule has 0 saturated heterocycles. The van der Waals surface area contributed by atoms with Crippen molar-refractivity contribution in [2.45, 2.75) is 19.9 Å². The van der Waals surface area contributed by atoms with Crippen LogP contribution < -0.4 is 4.74 Å². The first-order chi connectivity index (χ1) is 10.6. The van der Waals surface area contributed by atoms with Crippen molar-refractivity contribution in [3.63, 3.8) is 0 Å². The zero-order valence-electron chi connectivity index (χ0n) is 13.1. The Morgan fingerprint density at radius 2 is 1.91 bits per heavy atom. The molecule has 0 radical (unpaired) electrons.